The molecule has 0 aliphatic heterocycles. The Labute approximate surface area is 173 Å². The van der Waals surface area contributed by atoms with Crippen molar-refractivity contribution in [1.29, 1.82) is 0 Å². The van der Waals surface area contributed by atoms with Crippen molar-refractivity contribution in [3.05, 3.63) is 29.3 Å². The van der Waals surface area contributed by atoms with E-state index >= 15 is 0 Å². The van der Waals surface area contributed by atoms with Gasteiger partial charge in [-0.25, -0.2) is 0 Å². The normalized spacial score (nSPS) is 23.2. The lowest BCUT2D eigenvalue weighted by molar-refractivity contribution is -0.121. The predicted octanol–water partition coefficient (Wildman–Crippen LogP) is 3.11. The molecule has 0 saturated heterocycles. The molecule has 1 amide bonds. The van der Waals surface area contributed by atoms with Crippen LogP contribution in [0.1, 0.15) is 49.5 Å². The first-order chi connectivity index (χ1) is 13.8. The molecule has 0 radical (unpaired) electrons. The smallest absolute Gasteiger partial charge is 0.250 e. The number of ketones is 1. The lowest BCUT2D eigenvalue weighted by Crippen LogP contribution is -2.53. The monoisotopic (exact) mass is 402 g/mol. The molecule has 29 heavy (non-hydrogen) atoms. The number of benzene rings is 1. The van der Waals surface area contributed by atoms with Crippen molar-refractivity contribution in [3.8, 4) is 0 Å². The van der Waals surface area contributed by atoms with E-state index in [4.69, 9.17) is 9.47 Å². The molecule has 160 valence electrons. The third-order valence-electron chi connectivity index (χ3n) is 6.53. The predicted molar refractivity (Wildman–Crippen MR) is 113 cm³/mol. The number of anilines is 1. The fourth-order valence-electron chi connectivity index (χ4n) is 4.30. The van der Waals surface area contributed by atoms with Gasteiger partial charge in [0.05, 0.1) is 19.3 Å². The summed E-state index contributed by atoms with van der Waals surface area (Å²) in [5, 5.41) is 2.88. The lowest BCUT2D eigenvalue weighted by Gasteiger charge is -2.46. The fraction of sp³-hybridized carbons (Fsp3) is 0.652. The molecule has 2 atom stereocenters. The van der Waals surface area contributed by atoms with Gasteiger partial charge in [-0.1, -0.05) is 20.8 Å². The largest absolute Gasteiger partial charge is 0.382 e. The minimum Gasteiger partial charge on any atom is -0.382 e. The van der Waals surface area contributed by atoms with E-state index in [1.165, 1.54) is 12.8 Å². The van der Waals surface area contributed by atoms with E-state index in [1.54, 1.807) is 7.11 Å². The Hall–Kier alpha value is -1.76. The molecule has 0 bridgehead atoms. The number of nitrogens with one attached hydrogen (secondary N) is 1. The third-order valence-corrected chi connectivity index (χ3v) is 6.53. The van der Waals surface area contributed by atoms with E-state index in [2.05, 4.69) is 38.0 Å². The number of likely N-dealkylation sites (N-methyl/N-ethyl adjacent to an activating group) is 1. The number of Topliss-reactive ketones (excluding diaryl/α,β-unsaturated/α-hetero) is 1. The van der Waals surface area contributed by atoms with Gasteiger partial charge >= 0.3 is 0 Å². The van der Waals surface area contributed by atoms with Crippen molar-refractivity contribution < 1.29 is 19.1 Å². The Kier molecular flexibility index (Phi) is 6.76. The van der Waals surface area contributed by atoms with Gasteiger partial charge in [0.2, 0.25) is 5.91 Å². The minimum absolute atomic E-state index is 0.0206. The first-order valence-electron chi connectivity index (χ1n) is 10.5. The van der Waals surface area contributed by atoms with E-state index in [0.29, 0.717) is 18.9 Å². The Balaban J connectivity index is 1.76. The number of amides is 1. The van der Waals surface area contributed by atoms with E-state index in [9.17, 15) is 9.59 Å². The van der Waals surface area contributed by atoms with Crippen molar-refractivity contribution in [1.82, 2.24) is 4.90 Å². The van der Waals surface area contributed by atoms with Crippen molar-refractivity contribution in [2.75, 3.05) is 45.8 Å². The van der Waals surface area contributed by atoms with Crippen LogP contribution in [0, 0.1) is 11.8 Å². The molecular formula is C23H34N2O4. The maximum atomic E-state index is 13.3. The summed E-state index contributed by atoms with van der Waals surface area (Å²) < 4.78 is 10.2. The van der Waals surface area contributed by atoms with E-state index < -0.39 is 0 Å². The molecule has 6 heteroatoms. The molecule has 1 N–H and O–H groups in total. The molecule has 0 aromatic heterocycles. The van der Waals surface area contributed by atoms with Gasteiger partial charge in [-0.05, 0) is 60.9 Å². The zero-order chi connectivity index (χ0) is 21.2. The molecule has 2 aliphatic rings. The summed E-state index contributed by atoms with van der Waals surface area (Å²) in [7, 11) is 3.67. The van der Waals surface area contributed by atoms with Gasteiger partial charge in [0.25, 0.3) is 0 Å². The highest BCUT2D eigenvalue weighted by Crippen LogP contribution is 2.44. The molecule has 1 saturated carbocycles. The topological polar surface area (TPSA) is 67.9 Å². The van der Waals surface area contributed by atoms with Gasteiger partial charge in [-0.2, -0.15) is 0 Å². The third kappa shape index (κ3) is 4.87. The number of ether oxygens (including phenoxy) is 2. The van der Waals surface area contributed by atoms with E-state index in [1.807, 2.05) is 18.2 Å². The van der Waals surface area contributed by atoms with E-state index in [-0.39, 0.29) is 35.7 Å². The number of hydrogen-bond donors (Lipinski definition) is 1. The molecule has 3 rings (SSSR count). The Morgan fingerprint density at radius 2 is 2.00 bits per heavy atom. The zero-order valence-corrected chi connectivity index (χ0v) is 18.3. The van der Waals surface area contributed by atoms with Crippen LogP contribution >= 0.6 is 0 Å². The molecule has 0 spiro atoms. The highest BCUT2D eigenvalue weighted by atomic mass is 16.5. The average Bonchev–Trinajstić information content (AvgIpc) is 3.48. The standard InChI is InChI=1S/C23H34N2O4/c1-15-21(25(4)13-16-6-7-16)22(27)18-9-8-17(12-19(18)23(15,2)3)24-20(26)14-29-11-10-28-5/h8-9,12,15-16,21H,6-7,10-11,13-14H2,1-5H3,(H,24,26)/t15-,21?/m0/s1. The summed E-state index contributed by atoms with van der Waals surface area (Å²) in [6.45, 7) is 8.36. The van der Waals surface area contributed by atoms with E-state index in [0.717, 1.165) is 23.6 Å². The van der Waals surface area contributed by atoms with Crippen molar-refractivity contribution in [2.45, 2.75) is 45.1 Å². The van der Waals surface area contributed by atoms with Crippen LogP contribution in [0.3, 0.4) is 0 Å². The molecule has 1 aromatic carbocycles. The van der Waals surface area contributed by atoms with Crippen molar-refractivity contribution in [3.63, 3.8) is 0 Å². The first kappa shape index (κ1) is 21.9. The first-order valence-corrected chi connectivity index (χ1v) is 10.5. The Bertz CT molecular complexity index is 757. The van der Waals surface area contributed by atoms with Crippen LogP contribution in [-0.2, 0) is 19.7 Å². The summed E-state index contributed by atoms with van der Waals surface area (Å²) in [5.41, 5.74) is 2.29. The van der Waals surface area contributed by atoms with Gasteiger partial charge in [0.15, 0.2) is 5.78 Å². The van der Waals surface area contributed by atoms with Crippen LogP contribution in [0.15, 0.2) is 18.2 Å². The van der Waals surface area contributed by atoms with Crippen LogP contribution in [0.5, 0.6) is 0 Å². The summed E-state index contributed by atoms with van der Waals surface area (Å²) in [5.74, 6) is 0.898. The quantitative estimate of drug-likeness (QED) is 0.643. The second-order valence-electron chi connectivity index (χ2n) is 9.06. The second-order valence-corrected chi connectivity index (χ2v) is 9.06. The molecule has 6 nitrogen and oxygen atoms in total. The van der Waals surface area contributed by atoms with Crippen LogP contribution in [0.2, 0.25) is 0 Å². The SMILES string of the molecule is COCCOCC(=O)Nc1ccc2c(c1)C(C)(C)[C@@H](C)C(N(C)CC1CC1)C2=O. The van der Waals surface area contributed by atoms with Crippen LogP contribution in [0.25, 0.3) is 0 Å². The maximum absolute atomic E-state index is 13.3. The van der Waals surface area contributed by atoms with Crippen LogP contribution in [-0.4, -0.2) is 63.2 Å². The van der Waals surface area contributed by atoms with Crippen molar-refractivity contribution in [2.24, 2.45) is 11.8 Å². The number of methoxy groups -OCH3 is 1. The van der Waals surface area contributed by atoms with Gasteiger partial charge in [0.1, 0.15) is 6.61 Å². The maximum Gasteiger partial charge on any atom is 0.250 e. The van der Waals surface area contributed by atoms with Gasteiger partial charge in [-0.3, -0.25) is 14.5 Å². The summed E-state index contributed by atoms with van der Waals surface area (Å²) >= 11 is 0. The van der Waals surface area contributed by atoms with Crippen LogP contribution in [0.4, 0.5) is 5.69 Å². The van der Waals surface area contributed by atoms with Crippen molar-refractivity contribution >= 4 is 17.4 Å². The highest BCUT2D eigenvalue weighted by Gasteiger charge is 2.46. The zero-order valence-electron chi connectivity index (χ0n) is 18.3. The Morgan fingerprint density at radius 1 is 1.28 bits per heavy atom. The number of rotatable bonds is 9. The van der Waals surface area contributed by atoms with Crippen LogP contribution < -0.4 is 5.32 Å². The minimum atomic E-state index is -0.212. The molecule has 1 fully saturated rings. The average molecular weight is 403 g/mol. The molecule has 2 aliphatic carbocycles. The highest BCUT2D eigenvalue weighted by molar-refractivity contribution is 6.04. The molecular weight excluding hydrogens is 368 g/mol. The molecule has 0 heterocycles. The number of carbonyl (C=O) groups is 2. The summed E-state index contributed by atoms with van der Waals surface area (Å²) in [4.78, 5) is 27.7. The number of fused-ring (bicyclic) bond motifs is 1. The summed E-state index contributed by atoms with van der Waals surface area (Å²) in [6, 6.07) is 5.53. The van der Waals surface area contributed by atoms with Gasteiger partial charge < -0.3 is 14.8 Å². The Morgan fingerprint density at radius 3 is 2.66 bits per heavy atom. The lowest BCUT2D eigenvalue weighted by atomic mass is 9.63. The fourth-order valence-corrected chi connectivity index (χ4v) is 4.30. The molecule has 1 unspecified atom stereocenters. The van der Waals surface area contributed by atoms with Gasteiger partial charge in [-0.15, -0.1) is 0 Å². The summed E-state index contributed by atoms with van der Waals surface area (Å²) in [6.07, 6.45) is 2.55. The second kappa shape index (κ2) is 8.94. The van der Waals surface area contributed by atoms with Gasteiger partial charge in [0, 0.05) is 24.9 Å². The molecule has 1 aromatic rings. The number of nitrogens with zero attached hydrogens (tertiary/aromatic N) is 1. The number of carbonyl (C=O) groups excluding carboxylic acids is 2. The number of hydrogen-bond acceptors (Lipinski definition) is 5.